The maximum Gasteiger partial charge on any atom is 0.149 e. The summed E-state index contributed by atoms with van der Waals surface area (Å²) in [6.07, 6.45) is 1.36. The van der Waals surface area contributed by atoms with E-state index in [1.807, 2.05) is 35.0 Å². The highest BCUT2D eigenvalue weighted by Crippen LogP contribution is 2.27. The maximum atomic E-state index is 12.2. The first-order valence-electron chi connectivity index (χ1n) is 7.08. The summed E-state index contributed by atoms with van der Waals surface area (Å²) in [6.45, 7) is 4.94. The predicted molar refractivity (Wildman–Crippen MR) is 90.9 cm³/mol. The van der Waals surface area contributed by atoms with Gasteiger partial charge in [-0.15, -0.1) is 11.8 Å². The molecular weight excluding hydrogens is 348 g/mol. The fourth-order valence-electron chi connectivity index (χ4n) is 2.08. The molecule has 0 fully saturated rings. The standard InChI is InChI=1S/C16H19BrN2OS/c1-3-12-9-13(19(4-2)18-12)10-14(20)11-21-16-8-6-5-7-15(16)17/h5-9H,3-4,10-11H2,1-2H3. The molecule has 0 aliphatic heterocycles. The summed E-state index contributed by atoms with van der Waals surface area (Å²) in [6, 6.07) is 10.0. The van der Waals surface area contributed by atoms with Crippen LogP contribution in [-0.4, -0.2) is 21.3 Å². The Balaban J connectivity index is 1.96. The van der Waals surface area contributed by atoms with Crippen molar-refractivity contribution in [1.29, 1.82) is 0 Å². The molecule has 0 amide bonds. The van der Waals surface area contributed by atoms with E-state index in [0.29, 0.717) is 12.2 Å². The minimum Gasteiger partial charge on any atom is -0.298 e. The number of ketones is 1. The molecule has 112 valence electrons. The summed E-state index contributed by atoms with van der Waals surface area (Å²) in [4.78, 5) is 13.3. The van der Waals surface area contributed by atoms with Crippen molar-refractivity contribution in [3.05, 3.63) is 46.2 Å². The molecule has 0 saturated heterocycles. The lowest BCUT2D eigenvalue weighted by atomic mass is 10.2. The molecular formula is C16H19BrN2OS. The van der Waals surface area contributed by atoms with E-state index in [9.17, 15) is 4.79 Å². The average Bonchev–Trinajstić information content (AvgIpc) is 2.88. The zero-order chi connectivity index (χ0) is 15.2. The van der Waals surface area contributed by atoms with Gasteiger partial charge >= 0.3 is 0 Å². The Bertz CT molecular complexity index is 624. The van der Waals surface area contributed by atoms with Gasteiger partial charge in [-0.2, -0.15) is 5.10 Å². The summed E-state index contributed by atoms with van der Waals surface area (Å²) < 4.78 is 2.97. The third kappa shape index (κ3) is 4.45. The van der Waals surface area contributed by atoms with Gasteiger partial charge in [-0.3, -0.25) is 9.48 Å². The summed E-state index contributed by atoms with van der Waals surface area (Å²) in [5.74, 6) is 0.715. The second-order valence-corrected chi connectivity index (χ2v) is 6.60. The summed E-state index contributed by atoms with van der Waals surface area (Å²) in [7, 11) is 0. The molecule has 0 N–H and O–H groups in total. The van der Waals surface area contributed by atoms with Gasteiger partial charge in [-0.25, -0.2) is 0 Å². The zero-order valence-corrected chi connectivity index (χ0v) is 14.7. The number of hydrogen-bond acceptors (Lipinski definition) is 3. The Morgan fingerprint density at radius 2 is 2.10 bits per heavy atom. The number of nitrogens with zero attached hydrogens (tertiary/aromatic N) is 2. The van der Waals surface area contributed by atoms with E-state index in [2.05, 4.69) is 34.9 Å². The Kier molecular flexibility index (Phi) is 6.06. The molecule has 1 aromatic heterocycles. The number of carbonyl (C=O) groups excluding carboxylic acids is 1. The monoisotopic (exact) mass is 366 g/mol. The molecule has 0 radical (unpaired) electrons. The first kappa shape index (κ1) is 16.3. The molecule has 0 bridgehead atoms. The number of carbonyl (C=O) groups is 1. The Morgan fingerprint density at radius 3 is 2.76 bits per heavy atom. The van der Waals surface area contributed by atoms with Crippen molar-refractivity contribution in [2.75, 3.05) is 5.75 Å². The lowest BCUT2D eigenvalue weighted by Gasteiger charge is -2.05. The maximum absolute atomic E-state index is 12.2. The van der Waals surface area contributed by atoms with Crippen LogP contribution in [0, 0.1) is 0 Å². The van der Waals surface area contributed by atoms with Crippen LogP contribution in [0.4, 0.5) is 0 Å². The zero-order valence-electron chi connectivity index (χ0n) is 12.3. The van der Waals surface area contributed by atoms with Crippen molar-refractivity contribution in [2.24, 2.45) is 0 Å². The quantitative estimate of drug-likeness (QED) is 0.690. The molecule has 0 unspecified atom stereocenters. The first-order valence-corrected chi connectivity index (χ1v) is 8.86. The van der Waals surface area contributed by atoms with Crippen LogP contribution in [-0.2, 0) is 24.2 Å². The van der Waals surface area contributed by atoms with Crippen molar-refractivity contribution < 1.29 is 4.79 Å². The number of benzene rings is 1. The van der Waals surface area contributed by atoms with E-state index in [-0.39, 0.29) is 5.78 Å². The average molecular weight is 367 g/mol. The molecule has 2 aromatic rings. The molecule has 2 rings (SSSR count). The van der Waals surface area contributed by atoms with Crippen LogP contribution < -0.4 is 0 Å². The topological polar surface area (TPSA) is 34.9 Å². The van der Waals surface area contributed by atoms with Crippen molar-refractivity contribution >= 4 is 33.5 Å². The van der Waals surface area contributed by atoms with Crippen molar-refractivity contribution in [2.45, 2.75) is 38.1 Å². The van der Waals surface area contributed by atoms with Crippen LogP contribution in [0.5, 0.6) is 0 Å². The smallest absolute Gasteiger partial charge is 0.149 e. The molecule has 0 saturated carbocycles. The van der Waals surface area contributed by atoms with E-state index in [1.165, 1.54) is 0 Å². The van der Waals surface area contributed by atoms with Crippen LogP contribution in [0.2, 0.25) is 0 Å². The number of aromatic nitrogens is 2. The van der Waals surface area contributed by atoms with Crippen LogP contribution in [0.15, 0.2) is 39.7 Å². The summed E-state index contributed by atoms with van der Waals surface area (Å²) in [5, 5.41) is 4.48. The fraction of sp³-hybridized carbons (Fsp3) is 0.375. The number of aryl methyl sites for hydroxylation is 2. The largest absolute Gasteiger partial charge is 0.298 e. The molecule has 21 heavy (non-hydrogen) atoms. The van der Waals surface area contributed by atoms with E-state index < -0.39 is 0 Å². The fourth-order valence-corrected chi connectivity index (χ4v) is 3.50. The molecule has 5 heteroatoms. The van der Waals surface area contributed by atoms with E-state index in [1.54, 1.807) is 11.8 Å². The Hall–Kier alpha value is -1.07. The van der Waals surface area contributed by atoms with Crippen molar-refractivity contribution in [3.63, 3.8) is 0 Å². The van der Waals surface area contributed by atoms with Gasteiger partial charge in [0, 0.05) is 28.0 Å². The summed E-state index contributed by atoms with van der Waals surface area (Å²) >= 11 is 5.08. The van der Waals surface area contributed by atoms with Gasteiger partial charge in [0.1, 0.15) is 5.78 Å². The molecule has 0 aliphatic rings. The highest BCUT2D eigenvalue weighted by atomic mass is 79.9. The third-order valence-electron chi connectivity index (χ3n) is 3.18. The normalized spacial score (nSPS) is 10.8. The van der Waals surface area contributed by atoms with Crippen LogP contribution in [0.1, 0.15) is 25.2 Å². The van der Waals surface area contributed by atoms with E-state index in [0.717, 1.165) is 33.7 Å². The molecule has 3 nitrogen and oxygen atoms in total. The number of rotatable bonds is 7. The van der Waals surface area contributed by atoms with Crippen LogP contribution in [0.3, 0.4) is 0 Å². The van der Waals surface area contributed by atoms with Crippen LogP contribution in [0.25, 0.3) is 0 Å². The van der Waals surface area contributed by atoms with Gasteiger partial charge in [0.15, 0.2) is 0 Å². The van der Waals surface area contributed by atoms with Gasteiger partial charge < -0.3 is 0 Å². The second kappa shape index (κ2) is 7.80. The third-order valence-corrected chi connectivity index (χ3v) is 5.27. The highest BCUT2D eigenvalue weighted by Gasteiger charge is 2.11. The van der Waals surface area contributed by atoms with E-state index in [4.69, 9.17) is 0 Å². The van der Waals surface area contributed by atoms with Gasteiger partial charge in [-0.1, -0.05) is 19.1 Å². The Morgan fingerprint density at radius 1 is 1.33 bits per heavy atom. The molecule has 0 aliphatic carbocycles. The number of thioether (sulfide) groups is 1. The summed E-state index contributed by atoms with van der Waals surface area (Å²) in [5.41, 5.74) is 2.07. The molecule has 1 aromatic carbocycles. The lowest BCUT2D eigenvalue weighted by molar-refractivity contribution is -0.116. The number of halogens is 1. The number of Topliss-reactive ketones (excluding diaryl/α,β-unsaturated/α-hetero) is 1. The molecule has 1 heterocycles. The Labute approximate surface area is 138 Å². The molecule has 0 spiro atoms. The van der Waals surface area contributed by atoms with Gasteiger partial charge in [0.2, 0.25) is 0 Å². The highest BCUT2D eigenvalue weighted by molar-refractivity contribution is 9.10. The van der Waals surface area contributed by atoms with E-state index >= 15 is 0 Å². The SMILES string of the molecule is CCc1cc(CC(=O)CSc2ccccc2Br)n(CC)n1. The minimum absolute atomic E-state index is 0.230. The second-order valence-electron chi connectivity index (χ2n) is 4.73. The van der Waals surface area contributed by atoms with Gasteiger partial charge in [0.05, 0.1) is 11.4 Å². The molecule has 0 atom stereocenters. The van der Waals surface area contributed by atoms with Crippen molar-refractivity contribution in [3.8, 4) is 0 Å². The minimum atomic E-state index is 0.230. The van der Waals surface area contributed by atoms with Crippen LogP contribution >= 0.6 is 27.7 Å². The van der Waals surface area contributed by atoms with Crippen molar-refractivity contribution in [1.82, 2.24) is 9.78 Å². The first-order chi connectivity index (χ1) is 10.1. The van der Waals surface area contributed by atoms with Gasteiger partial charge in [0.25, 0.3) is 0 Å². The van der Waals surface area contributed by atoms with Gasteiger partial charge in [-0.05, 0) is 47.5 Å². The number of hydrogen-bond donors (Lipinski definition) is 0. The lowest BCUT2D eigenvalue weighted by Crippen LogP contribution is -2.11. The predicted octanol–water partition coefficient (Wildman–Crippen LogP) is 4.13.